The highest BCUT2D eigenvalue weighted by Crippen LogP contribution is 2.17. The molecule has 1 aliphatic rings. The maximum absolute atomic E-state index is 11.4. The molecule has 1 saturated heterocycles. The van der Waals surface area contributed by atoms with E-state index in [4.69, 9.17) is 11.6 Å². The Hall–Kier alpha value is -0.810. The Balaban J connectivity index is 2.18. The number of amides is 3. The third-order valence-electron chi connectivity index (χ3n) is 3.17. The highest BCUT2D eigenvalue weighted by Gasteiger charge is 2.24. The van der Waals surface area contributed by atoms with Gasteiger partial charge in [-0.1, -0.05) is 0 Å². The molecule has 1 rings (SSSR count). The summed E-state index contributed by atoms with van der Waals surface area (Å²) in [5.41, 5.74) is 0. The van der Waals surface area contributed by atoms with E-state index in [1.807, 2.05) is 0 Å². The molecule has 5 nitrogen and oxygen atoms in total. The number of rotatable bonds is 5. The van der Waals surface area contributed by atoms with Gasteiger partial charge in [0, 0.05) is 31.4 Å². The first-order valence-electron chi connectivity index (χ1n) is 6.40. The lowest BCUT2D eigenvalue weighted by molar-refractivity contribution is -0.119. The Morgan fingerprint density at radius 1 is 1.44 bits per heavy atom. The van der Waals surface area contributed by atoms with Gasteiger partial charge in [-0.25, -0.2) is 4.79 Å². The molecule has 1 atom stereocenters. The summed E-state index contributed by atoms with van der Waals surface area (Å²) in [4.78, 5) is 24.9. The van der Waals surface area contributed by atoms with Crippen molar-refractivity contribution in [3.63, 3.8) is 0 Å². The predicted octanol–water partition coefficient (Wildman–Crippen LogP) is 1.17. The second-order valence-electron chi connectivity index (χ2n) is 4.94. The predicted molar refractivity (Wildman–Crippen MR) is 71.7 cm³/mol. The Kier molecular flexibility index (Phi) is 6.43. The zero-order chi connectivity index (χ0) is 13.5. The minimum absolute atomic E-state index is 0.166. The first kappa shape index (κ1) is 15.2. The van der Waals surface area contributed by atoms with Gasteiger partial charge in [0.1, 0.15) is 0 Å². The van der Waals surface area contributed by atoms with Crippen LogP contribution in [0.2, 0.25) is 0 Å². The standard InChI is InChI=1S/C12H22ClN3O2/c1-9(2)16-6-4-10(8-16)7-14-12(18)15-11(17)3-5-13/h9-10H,3-8H2,1-2H3,(H2,14,15,17,18). The number of carbonyl (C=O) groups is 2. The van der Waals surface area contributed by atoms with Gasteiger partial charge in [0.15, 0.2) is 0 Å². The van der Waals surface area contributed by atoms with Crippen molar-refractivity contribution in [1.29, 1.82) is 0 Å². The number of alkyl halides is 1. The number of halogens is 1. The monoisotopic (exact) mass is 275 g/mol. The first-order chi connectivity index (χ1) is 8.52. The third-order valence-corrected chi connectivity index (χ3v) is 3.36. The van der Waals surface area contributed by atoms with Crippen molar-refractivity contribution in [2.45, 2.75) is 32.7 Å². The van der Waals surface area contributed by atoms with Gasteiger partial charge in [-0.15, -0.1) is 11.6 Å². The van der Waals surface area contributed by atoms with Crippen LogP contribution in [-0.2, 0) is 4.79 Å². The minimum atomic E-state index is -0.423. The van der Waals surface area contributed by atoms with Crippen LogP contribution in [0, 0.1) is 5.92 Å². The number of nitrogens with zero attached hydrogens (tertiary/aromatic N) is 1. The summed E-state index contributed by atoms with van der Waals surface area (Å²) in [5.74, 6) is 0.365. The van der Waals surface area contributed by atoms with Crippen LogP contribution >= 0.6 is 11.6 Å². The molecule has 1 aliphatic heterocycles. The van der Waals surface area contributed by atoms with Gasteiger partial charge in [-0.3, -0.25) is 10.1 Å². The molecule has 0 saturated carbocycles. The Morgan fingerprint density at radius 3 is 2.72 bits per heavy atom. The molecule has 3 amide bonds. The van der Waals surface area contributed by atoms with Crippen LogP contribution < -0.4 is 10.6 Å². The average Bonchev–Trinajstić information content (AvgIpc) is 2.75. The maximum atomic E-state index is 11.4. The van der Waals surface area contributed by atoms with Crippen molar-refractivity contribution in [2.24, 2.45) is 5.92 Å². The Bertz CT molecular complexity index is 297. The molecule has 0 aromatic carbocycles. The number of likely N-dealkylation sites (tertiary alicyclic amines) is 1. The molecule has 0 spiro atoms. The van der Waals surface area contributed by atoms with E-state index in [1.165, 1.54) is 0 Å². The van der Waals surface area contributed by atoms with Crippen LogP contribution in [0.5, 0.6) is 0 Å². The molecule has 1 fully saturated rings. The normalized spacial score (nSPS) is 20.1. The topological polar surface area (TPSA) is 61.4 Å². The summed E-state index contributed by atoms with van der Waals surface area (Å²) in [6.07, 6.45) is 1.26. The van der Waals surface area contributed by atoms with Crippen LogP contribution in [0.25, 0.3) is 0 Å². The zero-order valence-electron chi connectivity index (χ0n) is 11.0. The first-order valence-corrected chi connectivity index (χ1v) is 6.94. The van der Waals surface area contributed by atoms with Crippen molar-refractivity contribution >= 4 is 23.5 Å². The molecule has 18 heavy (non-hydrogen) atoms. The maximum Gasteiger partial charge on any atom is 0.321 e. The molecule has 1 heterocycles. The second kappa shape index (κ2) is 7.59. The fourth-order valence-electron chi connectivity index (χ4n) is 2.05. The van der Waals surface area contributed by atoms with Crippen molar-refractivity contribution in [1.82, 2.24) is 15.5 Å². The summed E-state index contributed by atoms with van der Waals surface area (Å²) >= 11 is 5.41. The summed E-state index contributed by atoms with van der Waals surface area (Å²) in [5, 5.41) is 4.98. The van der Waals surface area contributed by atoms with E-state index in [9.17, 15) is 9.59 Å². The Labute approximate surface area is 113 Å². The fourth-order valence-corrected chi connectivity index (χ4v) is 2.23. The van der Waals surface area contributed by atoms with Crippen LogP contribution in [0.4, 0.5) is 4.79 Å². The largest absolute Gasteiger partial charge is 0.337 e. The minimum Gasteiger partial charge on any atom is -0.337 e. The van der Waals surface area contributed by atoms with Crippen molar-refractivity contribution in [3.05, 3.63) is 0 Å². The number of carbonyl (C=O) groups excluding carboxylic acids is 2. The Morgan fingerprint density at radius 2 is 2.17 bits per heavy atom. The smallest absolute Gasteiger partial charge is 0.321 e. The molecule has 1 unspecified atom stereocenters. The van der Waals surface area contributed by atoms with Gasteiger partial charge in [0.05, 0.1) is 0 Å². The van der Waals surface area contributed by atoms with Crippen molar-refractivity contribution in [2.75, 3.05) is 25.5 Å². The molecule has 0 aliphatic carbocycles. The number of hydrogen-bond donors (Lipinski definition) is 2. The molecule has 6 heteroatoms. The molecular formula is C12H22ClN3O2. The average molecular weight is 276 g/mol. The van der Waals surface area contributed by atoms with E-state index >= 15 is 0 Å². The molecule has 0 bridgehead atoms. The van der Waals surface area contributed by atoms with Gasteiger partial charge in [-0.05, 0) is 32.7 Å². The van der Waals surface area contributed by atoms with E-state index < -0.39 is 6.03 Å². The molecule has 0 aromatic heterocycles. The molecular weight excluding hydrogens is 254 g/mol. The number of nitrogens with one attached hydrogen (secondary N) is 2. The highest BCUT2D eigenvalue weighted by atomic mass is 35.5. The van der Waals surface area contributed by atoms with Gasteiger partial charge in [0.2, 0.25) is 5.91 Å². The molecule has 0 radical (unpaired) electrons. The lowest BCUT2D eigenvalue weighted by Gasteiger charge is -2.20. The number of hydrogen-bond acceptors (Lipinski definition) is 3. The van der Waals surface area contributed by atoms with Gasteiger partial charge in [-0.2, -0.15) is 0 Å². The van der Waals surface area contributed by atoms with Crippen LogP contribution in [0.1, 0.15) is 26.7 Å². The van der Waals surface area contributed by atoms with Crippen LogP contribution in [0.3, 0.4) is 0 Å². The summed E-state index contributed by atoms with van der Waals surface area (Å²) in [6.45, 7) is 7.05. The van der Waals surface area contributed by atoms with Crippen molar-refractivity contribution < 1.29 is 9.59 Å². The second-order valence-corrected chi connectivity index (χ2v) is 5.32. The quantitative estimate of drug-likeness (QED) is 0.741. The molecule has 2 N–H and O–H groups in total. The summed E-state index contributed by atoms with van der Waals surface area (Å²) in [7, 11) is 0. The lowest BCUT2D eigenvalue weighted by Crippen LogP contribution is -2.42. The van der Waals surface area contributed by atoms with Crippen LogP contribution in [0.15, 0.2) is 0 Å². The lowest BCUT2D eigenvalue weighted by atomic mass is 10.1. The summed E-state index contributed by atoms with van der Waals surface area (Å²) < 4.78 is 0. The number of urea groups is 1. The van der Waals surface area contributed by atoms with E-state index in [1.54, 1.807) is 0 Å². The van der Waals surface area contributed by atoms with Gasteiger partial charge >= 0.3 is 6.03 Å². The van der Waals surface area contributed by atoms with Crippen LogP contribution in [-0.4, -0.2) is 48.4 Å². The van der Waals surface area contributed by atoms with Gasteiger partial charge in [0.25, 0.3) is 0 Å². The molecule has 104 valence electrons. The highest BCUT2D eigenvalue weighted by molar-refractivity contribution is 6.19. The van der Waals surface area contributed by atoms with E-state index in [0.29, 0.717) is 18.5 Å². The zero-order valence-corrected chi connectivity index (χ0v) is 11.8. The van der Waals surface area contributed by atoms with E-state index in [2.05, 4.69) is 29.4 Å². The third kappa shape index (κ3) is 5.23. The summed E-state index contributed by atoms with van der Waals surface area (Å²) in [6, 6.07) is 0.127. The number of imide groups is 1. The van der Waals surface area contributed by atoms with Gasteiger partial charge < -0.3 is 10.2 Å². The fraction of sp³-hybridized carbons (Fsp3) is 0.833. The van der Waals surface area contributed by atoms with E-state index in [-0.39, 0.29) is 18.2 Å². The SMILES string of the molecule is CC(C)N1CCC(CNC(=O)NC(=O)CCCl)C1. The van der Waals surface area contributed by atoms with Crippen molar-refractivity contribution in [3.8, 4) is 0 Å². The molecule has 0 aromatic rings. The van der Waals surface area contributed by atoms with E-state index in [0.717, 1.165) is 19.5 Å².